The third kappa shape index (κ3) is 2.23. The van der Waals surface area contributed by atoms with Crippen molar-refractivity contribution in [2.75, 3.05) is 0 Å². The van der Waals surface area contributed by atoms with Crippen molar-refractivity contribution in [3.63, 3.8) is 0 Å². The summed E-state index contributed by atoms with van der Waals surface area (Å²) in [6, 6.07) is 7.83. The minimum Gasteiger partial charge on any atom is -0.298 e. The van der Waals surface area contributed by atoms with E-state index in [1.54, 1.807) is 0 Å². The zero-order chi connectivity index (χ0) is 12.5. The fourth-order valence-corrected chi connectivity index (χ4v) is 2.34. The third-order valence-corrected chi connectivity index (χ3v) is 3.15. The number of aldehydes is 1. The van der Waals surface area contributed by atoms with Crippen LogP contribution in [0, 0.1) is 5.41 Å². The van der Waals surface area contributed by atoms with Gasteiger partial charge in [0.15, 0.2) is 6.29 Å². The van der Waals surface area contributed by atoms with Gasteiger partial charge in [-0.15, -0.1) is 0 Å². The van der Waals surface area contributed by atoms with E-state index >= 15 is 0 Å². The van der Waals surface area contributed by atoms with Crippen LogP contribution in [0.25, 0.3) is 5.57 Å². The Morgan fingerprint density at radius 1 is 1.18 bits per heavy atom. The van der Waals surface area contributed by atoms with Crippen molar-refractivity contribution in [3.8, 4) is 0 Å². The normalized spacial score (nSPS) is 15.5. The quantitative estimate of drug-likeness (QED) is 0.689. The maximum Gasteiger partial charge on any atom is 0.150 e. The van der Waals surface area contributed by atoms with E-state index in [1.807, 2.05) is 24.3 Å². The number of hydrogen-bond acceptors (Lipinski definition) is 1. The summed E-state index contributed by atoms with van der Waals surface area (Å²) >= 11 is 0. The zero-order valence-corrected chi connectivity index (χ0v) is 10.7. The van der Waals surface area contributed by atoms with Gasteiger partial charge in [0.2, 0.25) is 0 Å². The third-order valence-electron chi connectivity index (χ3n) is 3.15. The molecule has 1 nitrogen and oxygen atoms in total. The molecule has 0 bridgehead atoms. The molecule has 0 amide bonds. The van der Waals surface area contributed by atoms with Gasteiger partial charge in [0, 0.05) is 5.56 Å². The van der Waals surface area contributed by atoms with Gasteiger partial charge in [-0.2, -0.15) is 0 Å². The molecule has 0 N–H and O–H groups in total. The molecule has 0 aromatic heterocycles. The SMILES string of the molecule is CC(C)(C)C1=C(c2ccccc2C=O)CC=C1. The number of benzene rings is 1. The summed E-state index contributed by atoms with van der Waals surface area (Å²) in [5.74, 6) is 0. The number of allylic oxidation sites excluding steroid dienone is 4. The summed E-state index contributed by atoms with van der Waals surface area (Å²) in [4.78, 5) is 11.1. The Hall–Kier alpha value is -1.63. The van der Waals surface area contributed by atoms with Gasteiger partial charge in [0.05, 0.1) is 0 Å². The second kappa shape index (κ2) is 4.33. The smallest absolute Gasteiger partial charge is 0.150 e. The van der Waals surface area contributed by atoms with Crippen LogP contribution < -0.4 is 0 Å². The van der Waals surface area contributed by atoms with Crippen LogP contribution in [0.15, 0.2) is 42.0 Å². The van der Waals surface area contributed by atoms with Gasteiger partial charge < -0.3 is 0 Å². The molecule has 1 aromatic carbocycles. The van der Waals surface area contributed by atoms with Gasteiger partial charge in [-0.05, 0) is 28.5 Å². The van der Waals surface area contributed by atoms with Crippen LogP contribution in [0.1, 0.15) is 43.1 Å². The van der Waals surface area contributed by atoms with E-state index < -0.39 is 0 Å². The number of rotatable bonds is 2. The molecule has 1 aromatic rings. The van der Waals surface area contributed by atoms with Crippen molar-refractivity contribution < 1.29 is 4.79 Å². The molecule has 1 heteroatoms. The van der Waals surface area contributed by atoms with Crippen LogP contribution in [0.4, 0.5) is 0 Å². The second-order valence-corrected chi connectivity index (χ2v) is 5.45. The Balaban J connectivity index is 2.57. The Labute approximate surface area is 103 Å². The van der Waals surface area contributed by atoms with Crippen LogP contribution >= 0.6 is 0 Å². The van der Waals surface area contributed by atoms with Crippen molar-refractivity contribution in [3.05, 3.63) is 53.1 Å². The first-order valence-electron chi connectivity index (χ1n) is 5.99. The number of carbonyl (C=O) groups excluding carboxylic acids is 1. The lowest BCUT2D eigenvalue weighted by Crippen LogP contribution is -2.08. The molecule has 1 aliphatic carbocycles. The summed E-state index contributed by atoms with van der Waals surface area (Å²) in [6.45, 7) is 6.63. The monoisotopic (exact) mass is 226 g/mol. The lowest BCUT2D eigenvalue weighted by Gasteiger charge is -2.22. The van der Waals surface area contributed by atoms with Gasteiger partial charge in [-0.1, -0.05) is 57.2 Å². The van der Waals surface area contributed by atoms with Gasteiger partial charge in [-0.25, -0.2) is 0 Å². The van der Waals surface area contributed by atoms with Crippen molar-refractivity contribution in [2.24, 2.45) is 5.41 Å². The predicted molar refractivity (Wildman–Crippen MR) is 72.0 cm³/mol. The standard InChI is InChI=1S/C16H18O/c1-16(2,3)15-10-6-9-14(15)13-8-5-4-7-12(13)11-17/h4-8,10-11H,9H2,1-3H3. The molecule has 0 spiro atoms. The summed E-state index contributed by atoms with van der Waals surface area (Å²) in [5, 5.41) is 0. The molecule has 2 rings (SSSR count). The Kier molecular flexibility index (Phi) is 3.01. The molecular weight excluding hydrogens is 208 g/mol. The first kappa shape index (κ1) is 11.8. The topological polar surface area (TPSA) is 17.1 Å². The molecule has 17 heavy (non-hydrogen) atoms. The Bertz CT molecular complexity index is 499. The first-order chi connectivity index (χ1) is 8.04. The average Bonchev–Trinajstić information content (AvgIpc) is 2.77. The van der Waals surface area contributed by atoms with E-state index in [4.69, 9.17) is 0 Å². The minimum atomic E-state index is 0.123. The van der Waals surface area contributed by atoms with E-state index in [1.165, 1.54) is 11.1 Å². The zero-order valence-electron chi connectivity index (χ0n) is 10.7. The van der Waals surface area contributed by atoms with E-state index in [0.29, 0.717) is 0 Å². The number of carbonyl (C=O) groups is 1. The Morgan fingerprint density at radius 2 is 1.88 bits per heavy atom. The molecule has 88 valence electrons. The van der Waals surface area contributed by atoms with Crippen LogP contribution in [0.2, 0.25) is 0 Å². The molecule has 0 heterocycles. The Morgan fingerprint density at radius 3 is 2.53 bits per heavy atom. The van der Waals surface area contributed by atoms with Crippen LogP contribution in [-0.2, 0) is 0 Å². The summed E-state index contributed by atoms with van der Waals surface area (Å²) < 4.78 is 0. The van der Waals surface area contributed by atoms with E-state index in [9.17, 15) is 4.79 Å². The molecule has 0 radical (unpaired) electrons. The largest absolute Gasteiger partial charge is 0.298 e. The van der Waals surface area contributed by atoms with Gasteiger partial charge in [0.1, 0.15) is 0 Å². The molecule has 0 atom stereocenters. The van der Waals surface area contributed by atoms with E-state index in [2.05, 4.69) is 32.9 Å². The van der Waals surface area contributed by atoms with Gasteiger partial charge >= 0.3 is 0 Å². The van der Waals surface area contributed by atoms with Crippen molar-refractivity contribution in [1.82, 2.24) is 0 Å². The maximum absolute atomic E-state index is 11.1. The summed E-state index contributed by atoms with van der Waals surface area (Å²) in [6.07, 6.45) is 6.24. The summed E-state index contributed by atoms with van der Waals surface area (Å²) in [7, 11) is 0. The highest BCUT2D eigenvalue weighted by Gasteiger charge is 2.23. The van der Waals surface area contributed by atoms with Crippen molar-refractivity contribution in [1.29, 1.82) is 0 Å². The van der Waals surface area contributed by atoms with Crippen LogP contribution in [-0.4, -0.2) is 6.29 Å². The lowest BCUT2D eigenvalue weighted by molar-refractivity contribution is 0.112. The van der Waals surface area contributed by atoms with Crippen molar-refractivity contribution >= 4 is 11.9 Å². The first-order valence-corrected chi connectivity index (χ1v) is 5.99. The minimum absolute atomic E-state index is 0.123. The molecule has 0 aliphatic heterocycles. The molecule has 1 aliphatic rings. The number of hydrogen-bond donors (Lipinski definition) is 0. The highest BCUT2D eigenvalue weighted by Crippen LogP contribution is 2.39. The lowest BCUT2D eigenvalue weighted by atomic mass is 9.82. The van der Waals surface area contributed by atoms with Crippen LogP contribution in [0.5, 0.6) is 0 Å². The molecule has 0 unspecified atom stereocenters. The van der Waals surface area contributed by atoms with E-state index in [-0.39, 0.29) is 5.41 Å². The fraction of sp³-hybridized carbons (Fsp3) is 0.312. The maximum atomic E-state index is 11.1. The molecular formula is C16H18O. The van der Waals surface area contributed by atoms with Gasteiger partial charge in [-0.3, -0.25) is 4.79 Å². The average molecular weight is 226 g/mol. The molecule has 0 saturated carbocycles. The van der Waals surface area contributed by atoms with Crippen LogP contribution in [0.3, 0.4) is 0 Å². The second-order valence-electron chi connectivity index (χ2n) is 5.45. The fourth-order valence-electron chi connectivity index (χ4n) is 2.34. The van der Waals surface area contributed by atoms with E-state index in [0.717, 1.165) is 23.8 Å². The van der Waals surface area contributed by atoms with Gasteiger partial charge in [0.25, 0.3) is 0 Å². The highest BCUT2D eigenvalue weighted by molar-refractivity contribution is 5.88. The molecule has 0 saturated heterocycles. The van der Waals surface area contributed by atoms with Crippen molar-refractivity contribution in [2.45, 2.75) is 27.2 Å². The summed E-state index contributed by atoms with van der Waals surface area (Å²) in [5.41, 5.74) is 4.62. The highest BCUT2D eigenvalue weighted by atomic mass is 16.1. The predicted octanol–water partition coefficient (Wildman–Crippen LogP) is 4.26. The molecule has 0 fully saturated rings.